The van der Waals surface area contributed by atoms with E-state index in [9.17, 15) is 0 Å². The minimum absolute atomic E-state index is 0. The molecule has 4 rings (SSSR count). The normalized spacial score (nSPS) is 10.4. The molecule has 0 atom stereocenters. The number of benzene rings is 4. The van der Waals surface area contributed by atoms with E-state index in [4.69, 9.17) is 0 Å². The molecule has 0 aliphatic rings. The van der Waals surface area contributed by atoms with Crippen LogP contribution in [0.1, 0.15) is 6.42 Å². The van der Waals surface area contributed by atoms with Crippen molar-refractivity contribution >= 4 is 49.5 Å². The van der Waals surface area contributed by atoms with E-state index in [1.165, 1.54) is 40.0 Å². The Morgan fingerprint density at radius 2 is 0.613 bits per heavy atom. The van der Waals surface area contributed by atoms with Crippen LogP contribution in [-0.4, -0.2) is 12.3 Å². The van der Waals surface area contributed by atoms with Gasteiger partial charge in [-0.3, -0.25) is 0 Å². The molecule has 0 unspecified atom stereocenters. The molecule has 0 fully saturated rings. The van der Waals surface area contributed by atoms with Crippen LogP contribution >= 0.6 is 28.3 Å². The molecule has 0 aliphatic carbocycles. The van der Waals surface area contributed by atoms with Crippen LogP contribution in [-0.2, 0) is 16.5 Å². The SMILES string of the molecule is Cl.[Ni].c1ccc(P(CCCP(c2ccccc2)c2ccccc2)c2ccccc2)cc1. The molecule has 0 amide bonds. The van der Waals surface area contributed by atoms with Gasteiger partial charge in [0.25, 0.3) is 0 Å². The van der Waals surface area contributed by atoms with Gasteiger partial charge < -0.3 is 0 Å². The van der Waals surface area contributed by atoms with Crippen LogP contribution in [0, 0.1) is 0 Å². The zero-order valence-corrected chi connectivity index (χ0v) is 20.9. The minimum atomic E-state index is -0.309. The Hall–Kier alpha value is -1.48. The Morgan fingerprint density at radius 1 is 0.387 bits per heavy atom. The van der Waals surface area contributed by atoms with Crippen LogP contribution in [0.3, 0.4) is 0 Å². The van der Waals surface area contributed by atoms with E-state index in [1.54, 1.807) is 0 Å². The van der Waals surface area contributed by atoms with E-state index >= 15 is 0 Å². The number of halogens is 1. The Balaban J connectivity index is 0.00000171. The molecule has 0 aromatic heterocycles. The zero-order valence-electron chi connectivity index (χ0n) is 17.3. The maximum Gasteiger partial charge on any atom is 0 e. The van der Waals surface area contributed by atoms with Crippen molar-refractivity contribution in [2.24, 2.45) is 0 Å². The first-order valence-electron chi connectivity index (χ1n) is 10.2. The summed E-state index contributed by atoms with van der Waals surface area (Å²) in [6.07, 6.45) is 3.72. The van der Waals surface area contributed by atoms with Gasteiger partial charge >= 0.3 is 0 Å². The molecule has 0 nitrogen and oxygen atoms in total. The standard InChI is InChI=1S/C27H26P2.ClH.Ni/c1-5-14-24(15-6-1)28(25-16-7-2-8-17-25)22-13-23-29(26-18-9-3-10-19-26)27-20-11-4-12-21-27;;/h1-12,14-21H,13,22-23H2;1H;. The van der Waals surface area contributed by atoms with E-state index < -0.39 is 0 Å². The summed E-state index contributed by atoms with van der Waals surface area (Å²) in [6, 6.07) is 44.3. The van der Waals surface area contributed by atoms with Gasteiger partial charge in [0.2, 0.25) is 0 Å². The average Bonchev–Trinajstić information content (AvgIpc) is 2.81. The molecule has 4 aromatic carbocycles. The molecule has 162 valence electrons. The maximum atomic E-state index is 2.30. The fraction of sp³-hybridized carbons (Fsp3) is 0.111. The summed E-state index contributed by atoms with van der Waals surface area (Å²) in [4.78, 5) is 0. The predicted molar refractivity (Wildman–Crippen MR) is 140 cm³/mol. The van der Waals surface area contributed by atoms with E-state index in [0.717, 1.165) is 0 Å². The third kappa shape index (κ3) is 7.27. The molecule has 0 heterocycles. The maximum absolute atomic E-state index is 2.30. The monoisotopic (exact) mass is 506 g/mol. The van der Waals surface area contributed by atoms with Gasteiger partial charge in [-0.15, -0.1) is 12.4 Å². The van der Waals surface area contributed by atoms with Crippen molar-refractivity contribution in [2.75, 3.05) is 12.3 Å². The molecule has 0 bridgehead atoms. The van der Waals surface area contributed by atoms with Crippen molar-refractivity contribution in [3.63, 3.8) is 0 Å². The summed E-state index contributed by atoms with van der Waals surface area (Å²) in [5, 5.41) is 5.94. The topological polar surface area (TPSA) is 0 Å². The fourth-order valence-electron chi connectivity index (χ4n) is 3.63. The molecule has 0 saturated carbocycles. The van der Waals surface area contributed by atoms with Gasteiger partial charge in [0.1, 0.15) is 0 Å². The summed E-state index contributed by atoms with van der Waals surface area (Å²) < 4.78 is 0. The first-order valence-corrected chi connectivity index (χ1v) is 13.2. The van der Waals surface area contributed by atoms with Gasteiger partial charge in [-0.1, -0.05) is 121 Å². The Kier molecular flexibility index (Phi) is 11.5. The Labute approximate surface area is 205 Å². The molecule has 0 saturated heterocycles. The largest absolute Gasteiger partial charge is 0.147 e. The van der Waals surface area contributed by atoms with Gasteiger partial charge in [0.15, 0.2) is 0 Å². The van der Waals surface area contributed by atoms with Gasteiger partial charge in [-0.05, 0) is 55.8 Å². The molecule has 0 aliphatic heterocycles. The summed E-state index contributed by atoms with van der Waals surface area (Å²) in [5.41, 5.74) is 0. The molecular weight excluding hydrogens is 480 g/mol. The van der Waals surface area contributed by atoms with Crippen molar-refractivity contribution < 1.29 is 16.5 Å². The van der Waals surface area contributed by atoms with E-state index in [1.807, 2.05) is 0 Å². The number of hydrogen-bond donors (Lipinski definition) is 0. The van der Waals surface area contributed by atoms with Crippen molar-refractivity contribution in [1.29, 1.82) is 0 Å². The quantitative estimate of drug-likeness (QED) is 0.201. The molecule has 31 heavy (non-hydrogen) atoms. The van der Waals surface area contributed by atoms with E-state index in [-0.39, 0.29) is 44.7 Å². The Bertz CT molecular complexity index is 821. The van der Waals surface area contributed by atoms with Gasteiger partial charge in [-0.2, -0.15) is 0 Å². The molecule has 0 N–H and O–H groups in total. The van der Waals surface area contributed by atoms with Crippen LogP contribution in [0.2, 0.25) is 0 Å². The second-order valence-electron chi connectivity index (χ2n) is 7.00. The van der Waals surface area contributed by atoms with E-state index in [0.29, 0.717) is 0 Å². The first kappa shape index (κ1) is 25.8. The number of rotatable bonds is 8. The molecular formula is C27H27ClNiP2. The summed E-state index contributed by atoms with van der Waals surface area (Å²) in [5.74, 6) is 0. The molecule has 0 spiro atoms. The Morgan fingerprint density at radius 3 is 0.839 bits per heavy atom. The van der Waals surface area contributed by atoms with Crippen LogP contribution in [0.15, 0.2) is 121 Å². The van der Waals surface area contributed by atoms with Gasteiger partial charge in [0.05, 0.1) is 0 Å². The molecule has 0 radical (unpaired) electrons. The first-order chi connectivity index (χ1) is 14.4. The zero-order chi connectivity index (χ0) is 19.7. The minimum Gasteiger partial charge on any atom is -0.147 e. The summed E-state index contributed by atoms with van der Waals surface area (Å²) in [7, 11) is -0.618. The average molecular weight is 508 g/mol. The second-order valence-corrected chi connectivity index (χ2v) is 11.7. The summed E-state index contributed by atoms with van der Waals surface area (Å²) >= 11 is 0. The van der Waals surface area contributed by atoms with Crippen molar-refractivity contribution in [3.05, 3.63) is 121 Å². The summed E-state index contributed by atoms with van der Waals surface area (Å²) in [6.45, 7) is 0. The van der Waals surface area contributed by atoms with Crippen molar-refractivity contribution in [1.82, 2.24) is 0 Å². The number of hydrogen-bond acceptors (Lipinski definition) is 0. The molecule has 4 aromatic rings. The van der Waals surface area contributed by atoms with Crippen LogP contribution in [0.4, 0.5) is 0 Å². The third-order valence-corrected chi connectivity index (χ3v) is 10.2. The molecule has 4 heteroatoms. The van der Waals surface area contributed by atoms with Crippen LogP contribution < -0.4 is 21.2 Å². The van der Waals surface area contributed by atoms with Crippen molar-refractivity contribution in [2.45, 2.75) is 6.42 Å². The smallest absolute Gasteiger partial charge is 0 e. The third-order valence-electron chi connectivity index (χ3n) is 5.03. The van der Waals surface area contributed by atoms with Crippen molar-refractivity contribution in [3.8, 4) is 0 Å². The van der Waals surface area contributed by atoms with Crippen LogP contribution in [0.5, 0.6) is 0 Å². The fourth-order valence-corrected chi connectivity index (χ4v) is 8.59. The second kappa shape index (κ2) is 13.8. The van der Waals surface area contributed by atoms with Gasteiger partial charge in [-0.25, -0.2) is 0 Å². The van der Waals surface area contributed by atoms with E-state index in [2.05, 4.69) is 121 Å². The van der Waals surface area contributed by atoms with Gasteiger partial charge in [0, 0.05) is 16.5 Å². The predicted octanol–water partition coefficient (Wildman–Crippen LogP) is 6.06. The van der Waals surface area contributed by atoms with Crippen LogP contribution in [0.25, 0.3) is 0 Å².